The summed E-state index contributed by atoms with van der Waals surface area (Å²) in [6.07, 6.45) is 0.161. The standard InChI is InChI=1S/C14H13Br2ClOS/c1-8(2)18-10-5-3-4-9(6-10)13(17)12-7-11(15)14(16)19-12/h3-8,13H,1-2H3. The molecule has 0 radical (unpaired) electrons. The van der Waals surface area contributed by atoms with Crippen molar-refractivity contribution in [1.29, 1.82) is 0 Å². The Balaban J connectivity index is 2.25. The van der Waals surface area contributed by atoms with Gasteiger partial charge < -0.3 is 4.74 Å². The van der Waals surface area contributed by atoms with Crippen molar-refractivity contribution >= 4 is 54.8 Å². The molecule has 0 saturated heterocycles. The highest BCUT2D eigenvalue weighted by molar-refractivity contribution is 9.13. The van der Waals surface area contributed by atoms with E-state index < -0.39 is 0 Å². The Morgan fingerprint density at radius 2 is 1.95 bits per heavy atom. The fraction of sp³-hybridized carbons (Fsp3) is 0.286. The van der Waals surface area contributed by atoms with Gasteiger partial charge >= 0.3 is 0 Å². The molecule has 1 unspecified atom stereocenters. The lowest BCUT2D eigenvalue weighted by molar-refractivity contribution is 0.242. The summed E-state index contributed by atoms with van der Waals surface area (Å²) >= 11 is 15.1. The molecule has 0 fully saturated rings. The molecule has 1 nitrogen and oxygen atoms in total. The predicted molar refractivity (Wildman–Crippen MR) is 89.6 cm³/mol. The lowest BCUT2D eigenvalue weighted by Gasteiger charge is -2.13. The van der Waals surface area contributed by atoms with Gasteiger partial charge in [0.2, 0.25) is 0 Å². The molecule has 0 amide bonds. The minimum absolute atomic E-state index is 0.161. The maximum atomic E-state index is 6.54. The quantitative estimate of drug-likeness (QED) is 0.517. The van der Waals surface area contributed by atoms with Gasteiger partial charge in [-0.1, -0.05) is 12.1 Å². The van der Waals surface area contributed by atoms with Crippen molar-refractivity contribution in [3.63, 3.8) is 0 Å². The first-order valence-corrected chi connectivity index (χ1v) is 8.66. The number of hydrogen-bond acceptors (Lipinski definition) is 2. The Labute approximate surface area is 139 Å². The minimum atomic E-state index is -0.164. The minimum Gasteiger partial charge on any atom is -0.491 e. The Bertz CT molecular complexity index is 549. The number of ether oxygens (including phenoxy) is 1. The highest BCUT2D eigenvalue weighted by Crippen LogP contribution is 2.40. The van der Waals surface area contributed by atoms with Crippen molar-refractivity contribution in [3.05, 3.63) is 49.0 Å². The molecule has 1 aromatic heterocycles. The van der Waals surface area contributed by atoms with Gasteiger partial charge in [0.15, 0.2) is 0 Å². The van der Waals surface area contributed by atoms with Crippen molar-refractivity contribution < 1.29 is 4.74 Å². The van der Waals surface area contributed by atoms with Gasteiger partial charge in [0, 0.05) is 9.35 Å². The monoisotopic (exact) mass is 422 g/mol. The summed E-state index contributed by atoms with van der Waals surface area (Å²) in [7, 11) is 0. The second-order valence-electron chi connectivity index (χ2n) is 4.37. The van der Waals surface area contributed by atoms with E-state index in [1.165, 1.54) is 0 Å². The molecule has 0 aliphatic carbocycles. The van der Waals surface area contributed by atoms with Crippen LogP contribution in [0.5, 0.6) is 5.75 Å². The molecule has 0 spiro atoms. The topological polar surface area (TPSA) is 9.23 Å². The van der Waals surface area contributed by atoms with Crippen molar-refractivity contribution in [2.45, 2.75) is 25.3 Å². The zero-order valence-electron chi connectivity index (χ0n) is 10.5. The average molecular weight is 425 g/mol. The maximum absolute atomic E-state index is 6.54. The fourth-order valence-corrected chi connectivity index (χ4v) is 4.10. The molecule has 2 rings (SSSR count). The number of hydrogen-bond donors (Lipinski definition) is 0. The van der Waals surface area contributed by atoms with E-state index in [1.54, 1.807) is 11.3 Å². The fourth-order valence-electron chi connectivity index (χ4n) is 1.67. The van der Waals surface area contributed by atoms with Crippen LogP contribution in [-0.4, -0.2) is 6.10 Å². The Morgan fingerprint density at radius 3 is 2.53 bits per heavy atom. The van der Waals surface area contributed by atoms with Crippen LogP contribution in [0.15, 0.2) is 38.6 Å². The van der Waals surface area contributed by atoms with Crippen molar-refractivity contribution in [2.24, 2.45) is 0 Å². The van der Waals surface area contributed by atoms with Gasteiger partial charge in [0.25, 0.3) is 0 Å². The van der Waals surface area contributed by atoms with E-state index >= 15 is 0 Å². The molecule has 0 saturated carbocycles. The molecular weight excluding hydrogens is 411 g/mol. The average Bonchev–Trinajstić information content (AvgIpc) is 2.68. The van der Waals surface area contributed by atoms with Gasteiger partial charge in [-0.25, -0.2) is 0 Å². The molecule has 1 heterocycles. The molecule has 1 aromatic carbocycles. The number of rotatable bonds is 4. The van der Waals surface area contributed by atoms with Crippen LogP contribution >= 0.6 is 54.8 Å². The SMILES string of the molecule is CC(C)Oc1cccc(C(Cl)c2cc(Br)c(Br)s2)c1. The number of benzene rings is 1. The van der Waals surface area contributed by atoms with Crippen LogP contribution in [0.25, 0.3) is 0 Å². The van der Waals surface area contributed by atoms with Crippen molar-refractivity contribution in [3.8, 4) is 5.75 Å². The Morgan fingerprint density at radius 1 is 1.21 bits per heavy atom. The Hall–Kier alpha value is -0.0300. The highest BCUT2D eigenvalue weighted by atomic mass is 79.9. The summed E-state index contributed by atoms with van der Waals surface area (Å²) in [6.45, 7) is 4.02. The van der Waals surface area contributed by atoms with Gasteiger partial charge in [-0.05, 0) is 69.5 Å². The smallest absolute Gasteiger partial charge is 0.120 e. The van der Waals surface area contributed by atoms with Gasteiger partial charge in [-0.2, -0.15) is 0 Å². The van der Waals surface area contributed by atoms with Crippen LogP contribution in [-0.2, 0) is 0 Å². The summed E-state index contributed by atoms with van der Waals surface area (Å²) in [6, 6.07) is 9.99. The summed E-state index contributed by atoms with van der Waals surface area (Å²) in [5.41, 5.74) is 1.04. The summed E-state index contributed by atoms with van der Waals surface area (Å²) in [4.78, 5) is 1.10. The lowest BCUT2D eigenvalue weighted by atomic mass is 10.1. The van der Waals surface area contributed by atoms with E-state index in [0.29, 0.717) is 0 Å². The second kappa shape index (κ2) is 6.61. The summed E-state index contributed by atoms with van der Waals surface area (Å²) in [5, 5.41) is -0.164. The third-order valence-corrected chi connectivity index (χ3v) is 6.37. The van der Waals surface area contributed by atoms with Crippen LogP contribution in [0, 0.1) is 0 Å². The Kier molecular flexibility index (Phi) is 5.35. The van der Waals surface area contributed by atoms with Gasteiger partial charge in [0.05, 0.1) is 15.3 Å². The first kappa shape index (κ1) is 15.4. The molecule has 0 aliphatic heterocycles. The summed E-state index contributed by atoms with van der Waals surface area (Å²) in [5.74, 6) is 0.854. The largest absolute Gasteiger partial charge is 0.491 e. The van der Waals surface area contributed by atoms with Crippen molar-refractivity contribution in [2.75, 3.05) is 0 Å². The zero-order valence-corrected chi connectivity index (χ0v) is 15.2. The molecule has 19 heavy (non-hydrogen) atoms. The lowest BCUT2D eigenvalue weighted by Crippen LogP contribution is -2.05. The molecule has 5 heteroatoms. The predicted octanol–water partition coefficient (Wildman–Crippen LogP) is 6.39. The van der Waals surface area contributed by atoms with E-state index in [2.05, 4.69) is 31.9 Å². The van der Waals surface area contributed by atoms with Gasteiger partial charge in [-0.3, -0.25) is 0 Å². The summed E-state index contributed by atoms with van der Waals surface area (Å²) < 4.78 is 7.79. The molecule has 0 bridgehead atoms. The molecule has 102 valence electrons. The number of alkyl halides is 1. The van der Waals surface area contributed by atoms with E-state index in [4.69, 9.17) is 16.3 Å². The van der Waals surface area contributed by atoms with E-state index in [1.807, 2.05) is 44.2 Å². The normalized spacial score (nSPS) is 12.7. The van der Waals surface area contributed by atoms with E-state index in [0.717, 1.165) is 24.4 Å². The zero-order chi connectivity index (χ0) is 14.0. The van der Waals surface area contributed by atoms with E-state index in [9.17, 15) is 0 Å². The van der Waals surface area contributed by atoms with Crippen molar-refractivity contribution in [1.82, 2.24) is 0 Å². The van der Waals surface area contributed by atoms with Crippen LogP contribution in [0.1, 0.15) is 29.7 Å². The molecule has 2 aromatic rings. The van der Waals surface area contributed by atoms with Gasteiger partial charge in [-0.15, -0.1) is 22.9 Å². The van der Waals surface area contributed by atoms with Crippen LogP contribution in [0.2, 0.25) is 0 Å². The molecule has 1 atom stereocenters. The molecule has 0 aliphatic rings. The number of halogens is 3. The maximum Gasteiger partial charge on any atom is 0.120 e. The van der Waals surface area contributed by atoms with Gasteiger partial charge in [0.1, 0.15) is 5.75 Å². The first-order chi connectivity index (χ1) is 8.97. The first-order valence-electron chi connectivity index (χ1n) is 5.83. The van der Waals surface area contributed by atoms with Crippen LogP contribution in [0.3, 0.4) is 0 Å². The van der Waals surface area contributed by atoms with E-state index in [-0.39, 0.29) is 11.5 Å². The second-order valence-corrected chi connectivity index (χ2v) is 8.06. The van der Waals surface area contributed by atoms with Crippen LogP contribution < -0.4 is 4.74 Å². The van der Waals surface area contributed by atoms with Crippen LogP contribution in [0.4, 0.5) is 0 Å². The third kappa shape index (κ3) is 3.97. The molecule has 0 N–H and O–H groups in total. The highest BCUT2D eigenvalue weighted by Gasteiger charge is 2.16. The number of thiophene rings is 1. The molecular formula is C14H13Br2ClOS. The third-order valence-electron chi connectivity index (χ3n) is 2.44.